The minimum Gasteiger partial charge on any atom is -0.380 e. The largest absolute Gasteiger partial charge is 0.380 e. The van der Waals surface area contributed by atoms with E-state index in [1.165, 1.54) is 19.4 Å². The SMILES string of the molecule is Cc1noc(-c2ccccc2NC2CCCN(C)C2)n1. The van der Waals surface area contributed by atoms with E-state index in [2.05, 4.69) is 33.5 Å². The fourth-order valence-electron chi connectivity index (χ4n) is 2.71. The molecule has 1 aliphatic heterocycles. The number of anilines is 1. The lowest BCUT2D eigenvalue weighted by Gasteiger charge is -2.31. The summed E-state index contributed by atoms with van der Waals surface area (Å²) in [7, 11) is 2.17. The average molecular weight is 272 g/mol. The lowest BCUT2D eigenvalue weighted by Crippen LogP contribution is -2.39. The number of hydrogen-bond donors (Lipinski definition) is 1. The predicted octanol–water partition coefficient (Wildman–Crippen LogP) is 2.55. The number of nitrogens with one attached hydrogen (secondary N) is 1. The summed E-state index contributed by atoms with van der Waals surface area (Å²) in [6, 6.07) is 8.58. The zero-order valence-corrected chi connectivity index (χ0v) is 12.0. The molecule has 0 bridgehead atoms. The van der Waals surface area contributed by atoms with Crippen LogP contribution in [0.15, 0.2) is 28.8 Å². The van der Waals surface area contributed by atoms with Gasteiger partial charge in [0.1, 0.15) is 0 Å². The molecule has 1 unspecified atom stereocenters. The lowest BCUT2D eigenvalue weighted by molar-refractivity contribution is 0.261. The van der Waals surface area contributed by atoms with Gasteiger partial charge < -0.3 is 14.7 Å². The zero-order valence-electron chi connectivity index (χ0n) is 12.0. The molecule has 0 aliphatic carbocycles. The number of nitrogens with zero attached hydrogens (tertiary/aromatic N) is 3. The molecule has 1 aromatic carbocycles. The van der Waals surface area contributed by atoms with Crippen LogP contribution in [0.25, 0.3) is 11.5 Å². The Morgan fingerprint density at radius 3 is 2.95 bits per heavy atom. The quantitative estimate of drug-likeness (QED) is 0.930. The third-order valence-corrected chi connectivity index (χ3v) is 3.67. The zero-order chi connectivity index (χ0) is 13.9. The molecule has 1 N–H and O–H groups in total. The van der Waals surface area contributed by atoms with Gasteiger partial charge in [0, 0.05) is 18.3 Å². The molecule has 1 aliphatic rings. The molecule has 0 saturated carbocycles. The summed E-state index contributed by atoms with van der Waals surface area (Å²) in [6.07, 6.45) is 2.43. The van der Waals surface area contributed by atoms with Gasteiger partial charge in [-0.2, -0.15) is 4.98 Å². The van der Waals surface area contributed by atoms with Crippen LogP contribution in [0.4, 0.5) is 5.69 Å². The van der Waals surface area contributed by atoms with Crippen molar-refractivity contribution < 1.29 is 4.52 Å². The molecule has 0 spiro atoms. The number of piperidine rings is 1. The first-order valence-electron chi connectivity index (χ1n) is 7.07. The van der Waals surface area contributed by atoms with Crippen LogP contribution in [0, 0.1) is 6.92 Å². The second-order valence-electron chi connectivity index (χ2n) is 5.44. The number of para-hydroxylation sites is 1. The summed E-state index contributed by atoms with van der Waals surface area (Å²) >= 11 is 0. The summed E-state index contributed by atoms with van der Waals surface area (Å²) in [6.45, 7) is 4.08. The Morgan fingerprint density at radius 2 is 2.20 bits per heavy atom. The summed E-state index contributed by atoms with van der Waals surface area (Å²) in [5.74, 6) is 1.24. The van der Waals surface area contributed by atoms with Gasteiger partial charge in [-0.15, -0.1) is 0 Å². The predicted molar refractivity (Wildman–Crippen MR) is 78.6 cm³/mol. The molecule has 3 rings (SSSR count). The standard InChI is InChI=1S/C15H20N4O/c1-11-16-15(20-18-11)13-7-3-4-8-14(13)17-12-6-5-9-19(2)10-12/h3-4,7-8,12,17H,5-6,9-10H2,1-2H3. The Labute approximate surface area is 119 Å². The van der Waals surface area contributed by atoms with Crippen molar-refractivity contribution >= 4 is 5.69 Å². The molecule has 20 heavy (non-hydrogen) atoms. The van der Waals surface area contributed by atoms with Crippen molar-refractivity contribution in [2.45, 2.75) is 25.8 Å². The van der Waals surface area contributed by atoms with Crippen molar-refractivity contribution in [3.05, 3.63) is 30.1 Å². The van der Waals surface area contributed by atoms with E-state index in [0.717, 1.165) is 17.8 Å². The van der Waals surface area contributed by atoms with E-state index in [-0.39, 0.29) is 0 Å². The van der Waals surface area contributed by atoms with Crippen molar-refractivity contribution in [3.8, 4) is 11.5 Å². The normalized spacial score (nSPS) is 20.0. The van der Waals surface area contributed by atoms with Crippen molar-refractivity contribution in [2.24, 2.45) is 0 Å². The minimum atomic E-state index is 0.471. The highest BCUT2D eigenvalue weighted by molar-refractivity contribution is 5.72. The lowest BCUT2D eigenvalue weighted by atomic mass is 10.0. The maximum absolute atomic E-state index is 5.29. The maximum atomic E-state index is 5.29. The number of likely N-dealkylation sites (N-methyl/N-ethyl adjacent to an activating group) is 1. The fourth-order valence-corrected chi connectivity index (χ4v) is 2.71. The molecular weight excluding hydrogens is 252 g/mol. The molecule has 5 nitrogen and oxygen atoms in total. The van der Waals surface area contributed by atoms with Gasteiger partial charge in [0.15, 0.2) is 5.82 Å². The molecule has 0 amide bonds. The number of aromatic nitrogens is 2. The van der Waals surface area contributed by atoms with Crippen LogP contribution in [-0.4, -0.2) is 41.2 Å². The van der Waals surface area contributed by atoms with E-state index >= 15 is 0 Å². The summed E-state index contributed by atoms with van der Waals surface area (Å²) in [5, 5.41) is 7.49. The Kier molecular flexibility index (Phi) is 3.69. The van der Waals surface area contributed by atoms with Gasteiger partial charge in [-0.25, -0.2) is 0 Å². The molecular formula is C15H20N4O. The van der Waals surface area contributed by atoms with Crippen LogP contribution >= 0.6 is 0 Å². The van der Waals surface area contributed by atoms with Crippen LogP contribution in [0.2, 0.25) is 0 Å². The van der Waals surface area contributed by atoms with Crippen molar-refractivity contribution in [2.75, 3.05) is 25.5 Å². The molecule has 1 saturated heterocycles. The van der Waals surface area contributed by atoms with Crippen LogP contribution in [0.3, 0.4) is 0 Å². The van der Waals surface area contributed by atoms with Gasteiger partial charge in [-0.05, 0) is 45.5 Å². The van der Waals surface area contributed by atoms with Crippen LogP contribution in [0.5, 0.6) is 0 Å². The van der Waals surface area contributed by atoms with Crippen LogP contribution in [-0.2, 0) is 0 Å². The number of rotatable bonds is 3. The van der Waals surface area contributed by atoms with E-state index in [9.17, 15) is 0 Å². The molecule has 2 heterocycles. The monoisotopic (exact) mass is 272 g/mol. The topological polar surface area (TPSA) is 54.2 Å². The third-order valence-electron chi connectivity index (χ3n) is 3.67. The highest BCUT2D eigenvalue weighted by Crippen LogP contribution is 2.27. The van der Waals surface area contributed by atoms with Crippen molar-refractivity contribution in [3.63, 3.8) is 0 Å². The second kappa shape index (κ2) is 5.63. The first-order valence-corrected chi connectivity index (χ1v) is 7.07. The van der Waals surface area contributed by atoms with Crippen LogP contribution in [0.1, 0.15) is 18.7 Å². The third kappa shape index (κ3) is 2.82. The van der Waals surface area contributed by atoms with E-state index in [4.69, 9.17) is 4.52 Å². The summed E-state index contributed by atoms with van der Waals surface area (Å²) in [5.41, 5.74) is 2.04. The van der Waals surface area contributed by atoms with Crippen molar-refractivity contribution in [1.29, 1.82) is 0 Å². The van der Waals surface area contributed by atoms with E-state index in [1.54, 1.807) is 0 Å². The van der Waals surface area contributed by atoms with Gasteiger partial charge in [0.05, 0.1) is 5.56 Å². The minimum absolute atomic E-state index is 0.471. The van der Waals surface area contributed by atoms with Crippen molar-refractivity contribution in [1.82, 2.24) is 15.0 Å². The smallest absolute Gasteiger partial charge is 0.260 e. The number of benzene rings is 1. The molecule has 1 atom stereocenters. The van der Waals surface area contributed by atoms with Gasteiger partial charge in [0.25, 0.3) is 5.89 Å². The highest BCUT2D eigenvalue weighted by Gasteiger charge is 2.19. The Bertz CT molecular complexity index is 581. The fraction of sp³-hybridized carbons (Fsp3) is 0.467. The summed E-state index contributed by atoms with van der Waals surface area (Å²) < 4.78 is 5.29. The summed E-state index contributed by atoms with van der Waals surface area (Å²) in [4.78, 5) is 6.68. The first kappa shape index (κ1) is 13.1. The Balaban J connectivity index is 1.83. The van der Waals surface area contributed by atoms with E-state index in [1.807, 2.05) is 25.1 Å². The van der Waals surface area contributed by atoms with Gasteiger partial charge in [-0.3, -0.25) is 0 Å². The highest BCUT2D eigenvalue weighted by atomic mass is 16.5. The van der Waals surface area contributed by atoms with Gasteiger partial charge in [-0.1, -0.05) is 17.3 Å². The number of hydrogen-bond acceptors (Lipinski definition) is 5. The molecule has 5 heteroatoms. The maximum Gasteiger partial charge on any atom is 0.260 e. The van der Waals surface area contributed by atoms with Crippen LogP contribution < -0.4 is 5.32 Å². The van der Waals surface area contributed by atoms with E-state index < -0.39 is 0 Å². The molecule has 1 fully saturated rings. The molecule has 0 radical (unpaired) electrons. The first-order chi connectivity index (χ1) is 9.72. The molecule has 106 valence electrons. The van der Waals surface area contributed by atoms with Gasteiger partial charge >= 0.3 is 0 Å². The Morgan fingerprint density at radius 1 is 1.35 bits per heavy atom. The second-order valence-corrected chi connectivity index (χ2v) is 5.44. The van der Waals surface area contributed by atoms with E-state index in [0.29, 0.717) is 17.8 Å². The number of aryl methyl sites for hydroxylation is 1. The van der Waals surface area contributed by atoms with Gasteiger partial charge in [0.2, 0.25) is 0 Å². The molecule has 1 aromatic heterocycles. The number of likely N-dealkylation sites (tertiary alicyclic amines) is 1. The average Bonchev–Trinajstić information content (AvgIpc) is 2.86. The molecule has 2 aromatic rings. The Hall–Kier alpha value is -1.88.